The van der Waals surface area contributed by atoms with Gasteiger partial charge in [0.25, 0.3) is 11.6 Å². The van der Waals surface area contributed by atoms with Gasteiger partial charge in [-0.3, -0.25) is 0 Å². The Morgan fingerprint density at radius 3 is 1.21 bits per heavy atom. The Morgan fingerprint density at radius 2 is 0.855 bits per heavy atom. The van der Waals surface area contributed by atoms with E-state index in [9.17, 15) is 19.2 Å². The van der Waals surface area contributed by atoms with Gasteiger partial charge in [-0.1, -0.05) is 115 Å². The number of hydrogen-bond donors (Lipinski definition) is 0. The Morgan fingerprint density at radius 1 is 0.500 bits per heavy atom. The van der Waals surface area contributed by atoms with Gasteiger partial charge in [0.1, 0.15) is 11.1 Å². The number of nitrogens with zero attached hydrogens (tertiary/aromatic N) is 2. The smallest absolute Gasteiger partial charge is 0.348 e. The molecule has 1 aliphatic carbocycles. The van der Waals surface area contributed by atoms with Crippen LogP contribution in [0.2, 0.25) is 0 Å². The number of ether oxygens (including phenoxy) is 4. The van der Waals surface area contributed by atoms with Crippen molar-refractivity contribution in [3.63, 3.8) is 0 Å². The summed E-state index contributed by atoms with van der Waals surface area (Å²) in [4.78, 5) is 59.1. The summed E-state index contributed by atoms with van der Waals surface area (Å²) in [7, 11) is 0. The van der Waals surface area contributed by atoms with Crippen molar-refractivity contribution in [3.05, 3.63) is 131 Å². The summed E-state index contributed by atoms with van der Waals surface area (Å²) in [6.07, 6.45) is 10.6. The normalized spacial score (nSPS) is 25.1. The van der Waals surface area contributed by atoms with Gasteiger partial charge in [0.2, 0.25) is 0 Å². The Balaban J connectivity index is 0.909. The van der Waals surface area contributed by atoms with Gasteiger partial charge in [-0.05, 0) is 82.0 Å². The van der Waals surface area contributed by atoms with Crippen LogP contribution in [0.1, 0.15) is 104 Å². The van der Waals surface area contributed by atoms with Gasteiger partial charge in [-0.15, -0.1) is 0 Å². The van der Waals surface area contributed by atoms with Crippen molar-refractivity contribution < 1.29 is 38.1 Å². The van der Waals surface area contributed by atoms with Crippen molar-refractivity contribution in [2.75, 3.05) is 22.9 Å². The van der Waals surface area contributed by atoms with Gasteiger partial charge in [0.15, 0.2) is 0 Å². The lowest BCUT2D eigenvalue weighted by atomic mass is 9.81. The zero-order chi connectivity index (χ0) is 43.6. The van der Waals surface area contributed by atoms with E-state index in [-0.39, 0.29) is 36.8 Å². The first kappa shape index (κ1) is 41.2. The van der Waals surface area contributed by atoms with E-state index in [1.165, 1.54) is 34.1 Å². The second-order valence-electron chi connectivity index (χ2n) is 18.3. The summed E-state index contributed by atoms with van der Waals surface area (Å²) in [5, 5.41) is 4.64. The standard InChI is InChI=1S/C52H54N2O8/c1-7-9-31-53-39-23-19-33-15-11-13-17-35(33)43(39)49(3,4)41(53)25-21-37-45(55)59-51(60-46(37)56)27-29-52(30-28-51)61-47(57)38(48(58)62-52)22-26-42-50(5,6)44-36-18-14-12-16-34(36)20-24-40(44)54(42)32-10-8-2/h11-26H,7-10,27-32H2,1-6H3/b37-21?,38-22?,41-25-,42-26+. The van der Waals surface area contributed by atoms with Gasteiger partial charge in [-0.2, -0.15) is 0 Å². The molecule has 2 spiro atoms. The van der Waals surface area contributed by atoms with Gasteiger partial charge in [0.05, 0.1) is 0 Å². The molecule has 1 saturated carbocycles. The predicted molar refractivity (Wildman–Crippen MR) is 239 cm³/mol. The molecular formula is C52H54N2O8. The molecule has 9 rings (SSSR count). The van der Waals surface area contributed by atoms with E-state index in [2.05, 4.69) is 99.9 Å². The third-order valence-electron chi connectivity index (χ3n) is 13.6. The molecule has 320 valence electrons. The number of carbonyl (C=O) groups is 4. The van der Waals surface area contributed by atoms with Crippen LogP contribution in [0.4, 0.5) is 11.4 Å². The highest BCUT2D eigenvalue weighted by Gasteiger charge is 2.57. The molecule has 0 N–H and O–H groups in total. The van der Waals surface area contributed by atoms with Gasteiger partial charge >= 0.3 is 23.9 Å². The second-order valence-corrected chi connectivity index (χ2v) is 18.3. The molecule has 10 nitrogen and oxygen atoms in total. The Kier molecular flexibility index (Phi) is 10.2. The Bertz CT molecular complexity index is 2450. The highest BCUT2D eigenvalue weighted by atomic mass is 16.8. The maximum atomic E-state index is 13.6. The van der Waals surface area contributed by atoms with Crippen LogP contribution in [0.3, 0.4) is 0 Å². The van der Waals surface area contributed by atoms with Crippen LogP contribution in [0, 0.1) is 0 Å². The van der Waals surface area contributed by atoms with Crippen LogP contribution in [-0.2, 0) is 49.0 Å². The molecule has 10 heteroatoms. The number of esters is 4. The number of anilines is 2. The molecule has 62 heavy (non-hydrogen) atoms. The lowest BCUT2D eigenvalue weighted by Gasteiger charge is -2.46. The maximum absolute atomic E-state index is 13.6. The average Bonchev–Trinajstić information content (AvgIpc) is 3.60. The molecule has 4 aliphatic heterocycles. The molecular weight excluding hydrogens is 781 g/mol. The first-order valence-corrected chi connectivity index (χ1v) is 22.1. The number of hydrogen-bond acceptors (Lipinski definition) is 10. The summed E-state index contributed by atoms with van der Waals surface area (Å²) < 4.78 is 23.6. The van der Waals surface area contributed by atoms with E-state index < -0.39 is 46.3 Å². The highest BCUT2D eigenvalue weighted by molar-refractivity contribution is 6.16. The van der Waals surface area contributed by atoms with Crippen LogP contribution >= 0.6 is 0 Å². The van der Waals surface area contributed by atoms with E-state index >= 15 is 0 Å². The number of allylic oxidation sites excluding steroid dienone is 6. The first-order chi connectivity index (χ1) is 29.7. The molecule has 3 fully saturated rings. The Hall–Kier alpha value is -6.16. The maximum Gasteiger partial charge on any atom is 0.348 e. The van der Waals surface area contributed by atoms with Crippen molar-refractivity contribution in [3.8, 4) is 0 Å². The van der Waals surface area contributed by atoms with Crippen molar-refractivity contribution in [1.29, 1.82) is 0 Å². The molecule has 0 atom stereocenters. The van der Waals surface area contributed by atoms with Crippen molar-refractivity contribution in [2.24, 2.45) is 0 Å². The van der Waals surface area contributed by atoms with E-state index in [1.807, 2.05) is 36.4 Å². The minimum atomic E-state index is -1.58. The predicted octanol–water partition coefficient (Wildman–Crippen LogP) is 10.3. The summed E-state index contributed by atoms with van der Waals surface area (Å²) in [6.45, 7) is 14.5. The minimum Gasteiger partial charge on any atom is -0.419 e. The van der Waals surface area contributed by atoms with Gasteiger partial charge in [0, 0.05) is 72.4 Å². The zero-order valence-electron chi connectivity index (χ0n) is 36.5. The highest BCUT2D eigenvalue weighted by Crippen LogP contribution is 2.53. The average molecular weight is 835 g/mol. The fourth-order valence-corrected chi connectivity index (χ4v) is 10.3. The Labute approximate surface area is 362 Å². The summed E-state index contributed by atoms with van der Waals surface area (Å²) >= 11 is 0. The SMILES string of the molecule is CCCCN1/C(=C\C=C2C(=O)OC3(CCC4(CC3)OC(=O)C(=C/C=C3/N(CCCC)c5ccc6ccccc6c5C3(C)C)C(=O)O4)OC2=O)C(C)(C)c2c1ccc1ccccc21. The van der Waals surface area contributed by atoms with Crippen molar-refractivity contribution in [1.82, 2.24) is 0 Å². The van der Waals surface area contributed by atoms with E-state index in [0.717, 1.165) is 72.3 Å². The third-order valence-corrected chi connectivity index (χ3v) is 13.6. The minimum absolute atomic E-state index is 0.0183. The zero-order valence-corrected chi connectivity index (χ0v) is 36.5. The monoisotopic (exact) mass is 834 g/mol. The van der Waals surface area contributed by atoms with Crippen LogP contribution < -0.4 is 9.80 Å². The lowest BCUT2D eigenvalue weighted by Crippen LogP contribution is -2.56. The molecule has 5 aliphatic rings. The van der Waals surface area contributed by atoms with Crippen LogP contribution in [0.5, 0.6) is 0 Å². The van der Waals surface area contributed by atoms with Crippen LogP contribution in [-0.4, -0.2) is 48.5 Å². The van der Waals surface area contributed by atoms with Crippen LogP contribution in [0.15, 0.2) is 120 Å². The molecule has 0 radical (unpaired) electrons. The molecule has 0 bridgehead atoms. The van der Waals surface area contributed by atoms with Crippen molar-refractivity contribution in [2.45, 2.75) is 115 Å². The summed E-state index contributed by atoms with van der Waals surface area (Å²) in [5.41, 5.74) is 5.32. The number of fused-ring (bicyclic) bond motifs is 6. The molecule has 2 saturated heterocycles. The fourth-order valence-electron chi connectivity index (χ4n) is 10.3. The molecule has 0 aromatic heterocycles. The van der Waals surface area contributed by atoms with Gasteiger partial charge < -0.3 is 28.7 Å². The van der Waals surface area contributed by atoms with E-state index in [1.54, 1.807) is 0 Å². The molecule has 0 amide bonds. The first-order valence-electron chi connectivity index (χ1n) is 22.1. The molecule has 4 aromatic carbocycles. The number of carbonyl (C=O) groups excluding carboxylic acids is 4. The number of unbranched alkanes of at least 4 members (excludes halogenated alkanes) is 2. The summed E-state index contributed by atoms with van der Waals surface area (Å²) in [6, 6.07) is 25.2. The quantitative estimate of drug-likeness (QED) is 0.0966. The van der Waals surface area contributed by atoms with E-state index in [0.29, 0.717) is 0 Å². The molecule has 4 heterocycles. The third kappa shape index (κ3) is 6.70. The second kappa shape index (κ2) is 15.3. The fraction of sp³-hybridized carbons (Fsp3) is 0.385. The topological polar surface area (TPSA) is 112 Å². The van der Waals surface area contributed by atoms with E-state index in [4.69, 9.17) is 18.9 Å². The van der Waals surface area contributed by atoms with Crippen molar-refractivity contribution >= 4 is 56.8 Å². The van der Waals surface area contributed by atoms with Gasteiger partial charge in [-0.25, -0.2) is 19.2 Å². The number of benzene rings is 4. The summed E-state index contributed by atoms with van der Waals surface area (Å²) in [5.74, 6) is -6.31. The lowest BCUT2D eigenvalue weighted by molar-refractivity contribution is -0.291. The molecule has 0 unspecified atom stereocenters. The van der Waals surface area contributed by atoms with Crippen LogP contribution in [0.25, 0.3) is 21.5 Å². The number of rotatable bonds is 8. The largest absolute Gasteiger partial charge is 0.419 e. The molecule has 4 aromatic rings.